The minimum Gasteiger partial charge on any atom is -0.491 e. The number of hydrogen-bond donors (Lipinski definition) is 1. The molecular formula is C16H15N5O. The lowest BCUT2D eigenvalue weighted by Crippen LogP contribution is -2.11. The monoisotopic (exact) mass is 293 g/mol. The number of nitriles is 1. The molecule has 0 atom stereocenters. The van der Waals surface area contributed by atoms with Gasteiger partial charge in [0.15, 0.2) is 0 Å². The van der Waals surface area contributed by atoms with Gasteiger partial charge in [0.1, 0.15) is 30.4 Å². The first-order chi connectivity index (χ1) is 10.7. The van der Waals surface area contributed by atoms with Gasteiger partial charge in [0, 0.05) is 30.7 Å². The van der Waals surface area contributed by atoms with Gasteiger partial charge in [-0.05, 0) is 24.3 Å². The molecule has 0 saturated heterocycles. The Balaban J connectivity index is 2.09. The fourth-order valence-electron chi connectivity index (χ4n) is 2.37. The molecule has 2 heterocycles. The molecule has 3 rings (SSSR count). The molecular weight excluding hydrogens is 278 g/mol. The van der Waals surface area contributed by atoms with E-state index in [0.29, 0.717) is 24.5 Å². The van der Waals surface area contributed by atoms with E-state index in [9.17, 15) is 5.26 Å². The highest BCUT2D eigenvalue weighted by molar-refractivity contribution is 5.91. The van der Waals surface area contributed by atoms with E-state index in [2.05, 4.69) is 16.0 Å². The molecule has 110 valence electrons. The number of benzene rings is 1. The molecule has 0 fully saturated rings. The molecule has 0 saturated carbocycles. The molecule has 6 nitrogen and oxygen atoms in total. The summed E-state index contributed by atoms with van der Waals surface area (Å²) >= 11 is 0. The first-order valence-corrected chi connectivity index (χ1v) is 6.88. The van der Waals surface area contributed by atoms with Gasteiger partial charge in [-0.3, -0.25) is 0 Å². The van der Waals surface area contributed by atoms with E-state index in [1.165, 1.54) is 6.33 Å². The van der Waals surface area contributed by atoms with Gasteiger partial charge in [0.25, 0.3) is 0 Å². The minimum absolute atomic E-state index is 0.379. The lowest BCUT2D eigenvalue weighted by molar-refractivity contribution is 0.327. The lowest BCUT2D eigenvalue weighted by Gasteiger charge is -2.09. The summed E-state index contributed by atoms with van der Waals surface area (Å²) in [6.07, 6.45) is 3.47. The van der Waals surface area contributed by atoms with Crippen molar-refractivity contribution in [2.24, 2.45) is 12.8 Å². The summed E-state index contributed by atoms with van der Waals surface area (Å²) in [5, 5.41) is 10.3. The number of aryl methyl sites for hydroxylation is 1. The molecule has 2 N–H and O–H groups in total. The van der Waals surface area contributed by atoms with Crippen molar-refractivity contribution < 1.29 is 4.74 Å². The zero-order valence-electron chi connectivity index (χ0n) is 12.2. The average Bonchev–Trinajstić information content (AvgIpc) is 2.94. The van der Waals surface area contributed by atoms with Crippen molar-refractivity contribution in [2.75, 3.05) is 13.2 Å². The second-order valence-corrected chi connectivity index (χ2v) is 4.85. The molecule has 0 unspecified atom stereocenters. The van der Waals surface area contributed by atoms with Crippen molar-refractivity contribution in [1.82, 2.24) is 14.5 Å². The summed E-state index contributed by atoms with van der Waals surface area (Å²) < 4.78 is 7.41. The maximum absolute atomic E-state index is 9.31. The fourth-order valence-corrected chi connectivity index (χ4v) is 2.37. The zero-order chi connectivity index (χ0) is 15.5. The van der Waals surface area contributed by atoms with E-state index >= 15 is 0 Å². The predicted octanol–water partition coefficient (Wildman–Crippen LogP) is 1.84. The van der Waals surface area contributed by atoms with Gasteiger partial charge in [-0.1, -0.05) is 0 Å². The first-order valence-electron chi connectivity index (χ1n) is 6.88. The van der Waals surface area contributed by atoms with Gasteiger partial charge in [0.2, 0.25) is 0 Å². The maximum atomic E-state index is 9.31. The van der Waals surface area contributed by atoms with Gasteiger partial charge < -0.3 is 15.0 Å². The maximum Gasteiger partial charge on any atom is 0.143 e. The van der Waals surface area contributed by atoms with Crippen LogP contribution in [0.25, 0.3) is 22.3 Å². The van der Waals surface area contributed by atoms with E-state index in [4.69, 9.17) is 10.5 Å². The van der Waals surface area contributed by atoms with Crippen molar-refractivity contribution in [3.05, 3.63) is 42.4 Å². The van der Waals surface area contributed by atoms with Crippen molar-refractivity contribution in [3.8, 4) is 23.1 Å². The topological polar surface area (TPSA) is 89.8 Å². The summed E-state index contributed by atoms with van der Waals surface area (Å²) in [6, 6.07) is 9.57. The van der Waals surface area contributed by atoms with Crippen LogP contribution >= 0.6 is 0 Å². The Morgan fingerprint density at radius 2 is 2.18 bits per heavy atom. The van der Waals surface area contributed by atoms with Gasteiger partial charge >= 0.3 is 0 Å². The molecule has 1 aromatic carbocycles. The molecule has 0 aliphatic rings. The van der Waals surface area contributed by atoms with Crippen LogP contribution in [0.5, 0.6) is 5.75 Å². The third-order valence-electron chi connectivity index (χ3n) is 3.41. The van der Waals surface area contributed by atoms with E-state index in [1.807, 2.05) is 29.9 Å². The standard InChI is InChI=1S/C16H15N5O/c1-21-6-4-13-15(19-10-20-16(13)21)11-2-3-14(22-7-5-17)12(8-11)9-18/h2-4,6,8,10H,5,7,17H2,1H3. The Bertz CT molecular complexity index is 863. The largest absolute Gasteiger partial charge is 0.491 e. The van der Waals surface area contributed by atoms with Gasteiger partial charge in [-0.2, -0.15) is 5.26 Å². The normalized spacial score (nSPS) is 10.6. The van der Waals surface area contributed by atoms with Crippen LogP contribution in [-0.2, 0) is 7.05 Å². The smallest absolute Gasteiger partial charge is 0.143 e. The van der Waals surface area contributed by atoms with Crippen molar-refractivity contribution in [3.63, 3.8) is 0 Å². The molecule has 0 aliphatic heterocycles. The fraction of sp³-hybridized carbons (Fsp3) is 0.188. The molecule has 0 aliphatic carbocycles. The SMILES string of the molecule is Cn1ccc2c(-c3ccc(OCCN)c(C#N)c3)ncnc21. The van der Waals surface area contributed by atoms with Crippen molar-refractivity contribution >= 4 is 11.0 Å². The predicted molar refractivity (Wildman–Crippen MR) is 83.2 cm³/mol. The number of hydrogen-bond acceptors (Lipinski definition) is 5. The second-order valence-electron chi connectivity index (χ2n) is 4.85. The highest BCUT2D eigenvalue weighted by atomic mass is 16.5. The molecule has 6 heteroatoms. The summed E-state index contributed by atoms with van der Waals surface area (Å²) in [5.41, 5.74) is 8.40. The average molecular weight is 293 g/mol. The second kappa shape index (κ2) is 5.84. The Kier molecular flexibility index (Phi) is 3.73. The summed E-state index contributed by atoms with van der Waals surface area (Å²) in [6.45, 7) is 0.785. The number of aromatic nitrogens is 3. The Labute approximate surface area is 127 Å². The van der Waals surface area contributed by atoms with E-state index in [1.54, 1.807) is 12.1 Å². The van der Waals surface area contributed by atoms with Crippen LogP contribution in [0.2, 0.25) is 0 Å². The Morgan fingerprint density at radius 3 is 2.95 bits per heavy atom. The Hall–Kier alpha value is -2.91. The number of ether oxygens (including phenoxy) is 1. The molecule has 0 radical (unpaired) electrons. The van der Waals surface area contributed by atoms with Crippen LogP contribution in [0.15, 0.2) is 36.8 Å². The summed E-state index contributed by atoms with van der Waals surface area (Å²) in [4.78, 5) is 8.64. The molecule has 2 aromatic heterocycles. The molecule has 3 aromatic rings. The van der Waals surface area contributed by atoms with Gasteiger partial charge in [-0.15, -0.1) is 0 Å². The van der Waals surface area contributed by atoms with E-state index in [0.717, 1.165) is 22.3 Å². The van der Waals surface area contributed by atoms with Crippen LogP contribution in [-0.4, -0.2) is 27.7 Å². The quantitative estimate of drug-likeness (QED) is 0.792. The highest BCUT2D eigenvalue weighted by Gasteiger charge is 2.11. The number of rotatable bonds is 4. The van der Waals surface area contributed by atoms with Crippen LogP contribution in [0.4, 0.5) is 0 Å². The van der Waals surface area contributed by atoms with Gasteiger partial charge in [0.05, 0.1) is 11.3 Å². The third-order valence-corrected chi connectivity index (χ3v) is 3.41. The molecule has 0 bridgehead atoms. The van der Waals surface area contributed by atoms with E-state index in [-0.39, 0.29) is 0 Å². The Morgan fingerprint density at radius 1 is 1.32 bits per heavy atom. The molecule has 0 amide bonds. The van der Waals surface area contributed by atoms with Crippen LogP contribution in [0, 0.1) is 11.3 Å². The molecule has 0 spiro atoms. The lowest BCUT2D eigenvalue weighted by atomic mass is 10.1. The van der Waals surface area contributed by atoms with Crippen LogP contribution in [0.3, 0.4) is 0 Å². The van der Waals surface area contributed by atoms with Crippen molar-refractivity contribution in [1.29, 1.82) is 5.26 Å². The number of nitrogens with zero attached hydrogens (tertiary/aromatic N) is 4. The first kappa shape index (κ1) is 14.0. The minimum atomic E-state index is 0.379. The molecule has 22 heavy (non-hydrogen) atoms. The zero-order valence-corrected chi connectivity index (χ0v) is 12.2. The summed E-state index contributed by atoms with van der Waals surface area (Å²) in [5.74, 6) is 0.537. The summed E-state index contributed by atoms with van der Waals surface area (Å²) in [7, 11) is 1.93. The van der Waals surface area contributed by atoms with Crippen LogP contribution in [0.1, 0.15) is 5.56 Å². The van der Waals surface area contributed by atoms with Crippen molar-refractivity contribution in [2.45, 2.75) is 0 Å². The van der Waals surface area contributed by atoms with Crippen LogP contribution < -0.4 is 10.5 Å². The highest BCUT2D eigenvalue weighted by Crippen LogP contribution is 2.29. The third kappa shape index (κ3) is 2.38. The van der Waals surface area contributed by atoms with E-state index < -0.39 is 0 Å². The number of fused-ring (bicyclic) bond motifs is 1. The number of nitrogens with two attached hydrogens (primary N) is 1. The van der Waals surface area contributed by atoms with Gasteiger partial charge in [-0.25, -0.2) is 9.97 Å².